The fraction of sp³-hybridized carbons (Fsp3) is 0.562. The largest absolute Gasteiger partial charge is 0.481 e. The van der Waals surface area contributed by atoms with Gasteiger partial charge in [0, 0.05) is 17.5 Å². The van der Waals surface area contributed by atoms with E-state index in [2.05, 4.69) is 32.2 Å². The van der Waals surface area contributed by atoms with E-state index in [1.165, 1.54) is 13.5 Å². The molecule has 1 heterocycles. The van der Waals surface area contributed by atoms with Crippen molar-refractivity contribution >= 4 is 11.8 Å². The number of nitrogens with one attached hydrogen (secondary N) is 2. The third-order valence-corrected chi connectivity index (χ3v) is 10.0. The maximum absolute atomic E-state index is 13.9. The number of amides is 1. The van der Waals surface area contributed by atoms with Gasteiger partial charge >= 0.3 is 0 Å². The molecule has 4 aliphatic rings. The van der Waals surface area contributed by atoms with Crippen molar-refractivity contribution in [2.75, 3.05) is 13.7 Å². The highest BCUT2D eigenvalue weighted by Gasteiger charge is 2.57. The van der Waals surface area contributed by atoms with Gasteiger partial charge in [0.1, 0.15) is 12.1 Å². The molecule has 1 saturated heterocycles. The summed E-state index contributed by atoms with van der Waals surface area (Å²) in [7, 11) is 1.48. The molecule has 8 nitrogen and oxygen atoms in total. The summed E-state index contributed by atoms with van der Waals surface area (Å²) in [5.41, 5.74) is 3.96. The Morgan fingerprint density at radius 2 is 1.93 bits per heavy atom. The van der Waals surface area contributed by atoms with Crippen LogP contribution in [0.25, 0.3) is 11.1 Å². The van der Waals surface area contributed by atoms with Crippen molar-refractivity contribution in [1.29, 1.82) is 5.41 Å². The lowest BCUT2D eigenvalue weighted by Gasteiger charge is -2.62. The molecule has 2 bridgehead atoms. The van der Waals surface area contributed by atoms with Crippen LogP contribution in [0.1, 0.15) is 51.7 Å². The monoisotopic (exact) mass is 549 g/mol. The lowest BCUT2D eigenvalue weighted by Crippen LogP contribution is -2.62. The molecule has 0 radical (unpaired) electrons. The molecule has 3 saturated carbocycles. The lowest BCUT2D eigenvalue weighted by atomic mass is 9.45. The number of hydroxylamine groups is 2. The van der Waals surface area contributed by atoms with Gasteiger partial charge in [-0.2, -0.15) is 5.06 Å². The van der Waals surface area contributed by atoms with Gasteiger partial charge in [0.05, 0.1) is 26.4 Å². The van der Waals surface area contributed by atoms with Gasteiger partial charge in [-0.15, -0.1) is 0 Å². The average molecular weight is 550 g/mol. The lowest BCUT2D eigenvalue weighted by molar-refractivity contribution is -0.183. The Morgan fingerprint density at radius 3 is 2.52 bits per heavy atom. The summed E-state index contributed by atoms with van der Waals surface area (Å²) < 4.78 is 5.01. The minimum atomic E-state index is -0.829. The summed E-state index contributed by atoms with van der Waals surface area (Å²) in [4.78, 5) is 20.0. The topological polar surface area (TPSA) is 115 Å². The van der Waals surface area contributed by atoms with E-state index in [-0.39, 0.29) is 24.5 Å². The van der Waals surface area contributed by atoms with Crippen LogP contribution >= 0.6 is 0 Å². The predicted octanol–water partition coefficient (Wildman–Crippen LogP) is 3.99. The van der Waals surface area contributed by atoms with Crippen LogP contribution in [0.4, 0.5) is 0 Å². The maximum atomic E-state index is 13.9. The number of aliphatic hydroxyl groups is 2. The van der Waals surface area contributed by atoms with Gasteiger partial charge in [-0.1, -0.05) is 51.1 Å². The zero-order chi connectivity index (χ0) is 28.8. The highest BCUT2D eigenvalue weighted by molar-refractivity contribution is 5.92. The van der Waals surface area contributed by atoms with Gasteiger partial charge in [-0.3, -0.25) is 15.0 Å². The predicted molar refractivity (Wildman–Crippen MR) is 153 cm³/mol. The van der Waals surface area contributed by atoms with Gasteiger partial charge in [0.25, 0.3) is 0 Å². The van der Waals surface area contributed by atoms with E-state index in [9.17, 15) is 15.0 Å². The molecule has 8 atom stereocenters. The van der Waals surface area contributed by atoms with Crippen molar-refractivity contribution in [3.63, 3.8) is 0 Å². The first kappa shape index (κ1) is 28.7. The summed E-state index contributed by atoms with van der Waals surface area (Å²) in [6, 6.07) is 15.0. The first-order chi connectivity index (χ1) is 19.0. The Bertz CT molecular complexity index is 1230. The highest BCUT2D eigenvalue weighted by atomic mass is 16.7. The quantitative estimate of drug-likeness (QED) is 0.293. The summed E-state index contributed by atoms with van der Waals surface area (Å²) in [6.07, 6.45) is 0.705. The second-order valence-corrected chi connectivity index (χ2v) is 12.5. The number of fused-ring (bicyclic) bond motifs is 2. The Morgan fingerprint density at radius 1 is 1.20 bits per heavy atom. The van der Waals surface area contributed by atoms with Crippen LogP contribution in [0.2, 0.25) is 0 Å². The Kier molecular flexibility index (Phi) is 8.08. The SMILES string of the molecule is COC(=N)c1ccc(-c2cccc(CN3O[C@@H](CO)[C@@H]([C@H](C)O)[C@H]3C(=O)NC3C[C@@H]4CC([C@@H]3C)C4(C)C)c2)cc1. The van der Waals surface area contributed by atoms with Crippen LogP contribution in [0.15, 0.2) is 48.5 Å². The van der Waals surface area contributed by atoms with Crippen LogP contribution < -0.4 is 5.32 Å². The number of hydrogen-bond acceptors (Lipinski definition) is 7. The minimum absolute atomic E-state index is 0.0971. The van der Waals surface area contributed by atoms with E-state index in [0.29, 0.717) is 35.3 Å². The van der Waals surface area contributed by atoms with Gasteiger partial charge in [0.15, 0.2) is 0 Å². The maximum Gasteiger partial charge on any atom is 0.240 e. The average Bonchev–Trinajstić information content (AvgIpc) is 3.32. The van der Waals surface area contributed by atoms with Crippen LogP contribution in [0.5, 0.6) is 0 Å². The smallest absolute Gasteiger partial charge is 0.240 e. The fourth-order valence-electron chi connectivity index (χ4n) is 7.45. The van der Waals surface area contributed by atoms with E-state index in [1.807, 2.05) is 42.5 Å². The summed E-state index contributed by atoms with van der Waals surface area (Å²) in [5.74, 6) is 1.01. The van der Waals surface area contributed by atoms with E-state index in [4.69, 9.17) is 15.0 Å². The minimum Gasteiger partial charge on any atom is -0.481 e. The molecule has 0 spiro atoms. The standard InChI is InChI=1S/C32H43N3O5/c1-18-25-14-24(32(25,3)4)15-26(18)34-31(38)29-28(19(2)37)27(17-36)40-35(29)16-20-7-6-8-23(13-20)21-9-11-22(12-10-21)30(33)39-5/h6-13,18-19,24-29,33,36-37H,14-17H2,1-5H3,(H,34,38)/t18-,19-,24-,25?,26?,27-,28+,29-/m0/s1. The van der Waals surface area contributed by atoms with Crippen molar-refractivity contribution in [2.24, 2.45) is 29.1 Å². The van der Waals surface area contributed by atoms with E-state index in [1.54, 1.807) is 12.0 Å². The van der Waals surface area contributed by atoms with Crippen molar-refractivity contribution < 1.29 is 24.6 Å². The third-order valence-electron chi connectivity index (χ3n) is 10.0. The molecule has 6 rings (SSSR count). The van der Waals surface area contributed by atoms with Crippen molar-refractivity contribution in [3.05, 3.63) is 59.7 Å². The second-order valence-electron chi connectivity index (χ2n) is 12.5. The van der Waals surface area contributed by atoms with Gasteiger partial charge in [-0.25, -0.2) is 0 Å². The third kappa shape index (κ3) is 5.18. The number of carbonyl (C=O) groups is 1. The first-order valence-corrected chi connectivity index (χ1v) is 14.4. The summed E-state index contributed by atoms with van der Waals surface area (Å²) in [5, 5.41) is 33.6. The molecular formula is C32H43N3O5. The molecule has 216 valence electrons. The highest BCUT2D eigenvalue weighted by Crippen LogP contribution is 2.61. The summed E-state index contributed by atoms with van der Waals surface area (Å²) >= 11 is 0. The van der Waals surface area contributed by atoms with Gasteiger partial charge in [-0.05, 0) is 77.8 Å². The molecule has 2 unspecified atom stereocenters. The number of ether oxygens (including phenoxy) is 1. The van der Waals surface area contributed by atoms with Crippen LogP contribution in [0, 0.1) is 34.5 Å². The van der Waals surface area contributed by atoms with E-state index >= 15 is 0 Å². The van der Waals surface area contributed by atoms with Crippen LogP contribution in [-0.4, -0.2) is 65.1 Å². The zero-order valence-electron chi connectivity index (χ0n) is 24.1. The Hall–Kier alpha value is -2.78. The molecule has 1 aliphatic heterocycles. The fourth-order valence-corrected chi connectivity index (χ4v) is 7.45. The molecule has 0 aromatic heterocycles. The summed E-state index contributed by atoms with van der Waals surface area (Å²) in [6.45, 7) is 8.64. The number of aliphatic hydroxyl groups excluding tert-OH is 2. The molecule has 4 N–H and O–H groups in total. The molecule has 2 aromatic rings. The Balaban J connectivity index is 1.35. The number of hydrogen-bond donors (Lipinski definition) is 4. The Labute approximate surface area is 237 Å². The van der Waals surface area contributed by atoms with Crippen molar-refractivity contribution in [1.82, 2.24) is 10.4 Å². The number of benzene rings is 2. The van der Waals surface area contributed by atoms with Gasteiger partial charge < -0.3 is 20.3 Å². The van der Waals surface area contributed by atoms with Crippen LogP contribution in [-0.2, 0) is 20.9 Å². The van der Waals surface area contributed by atoms with Crippen LogP contribution in [0.3, 0.4) is 0 Å². The number of carbonyl (C=O) groups excluding carboxylic acids is 1. The van der Waals surface area contributed by atoms with E-state index in [0.717, 1.165) is 23.1 Å². The number of rotatable bonds is 8. The molecular weight excluding hydrogens is 506 g/mol. The normalized spacial score (nSPS) is 31.7. The number of nitrogens with zero attached hydrogens (tertiary/aromatic N) is 1. The van der Waals surface area contributed by atoms with Crippen molar-refractivity contribution in [3.8, 4) is 11.1 Å². The molecule has 4 fully saturated rings. The first-order valence-electron chi connectivity index (χ1n) is 14.4. The second kappa shape index (κ2) is 11.2. The van der Waals surface area contributed by atoms with Gasteiger partial charge in [0.2, 0.25) is 11.8 Å². The number of methoxy groups -OCH3 is 1. The van der Waals surface area contributed by atoms with E-state index < -0.39 is 24.2 Å². The molecule has 8 heteroatoms. The molecule has 40 heavy (non-hydrogen) atoms. The van der Waals surface area contributed by atoms with Crippen molar-refractivity contribution in [2.45, 2.75) is 71.4 Å². The molecule has 1 amide bonds. The molecule has 3 aliphatic carbocycles. The molecule has 2 aromatic carbocycles. The zero-order valence-corrected chi connectivity index (χ0v) is 24.1.